The predicted molar refractivity (Wildman–Crippen MR) is 59.6 cm³/mol. The van der Waals surface area contributed by atoms with Crippen LogP contribution in [0.4, 0.5) is 26.3 Å². The fourth-order valence-corrected chi connectivity index (χ4v) is 1.38. The van der Waals surface area contributed by atoms with Crippen LogP contribution in [0.1, 0.15) is 11.1 Å². The van der Waals surface area contributed by atoms with Crippen LogP contribution in [-0.2, 0) is 11.3 Å². The van der Waals surface area contributed by atoms with Crippen LogP contribution in [0, 0.1) is 0 Å². The molecule has 0 aliphatic rings. The molecule has 0 saturated carbocycles. The minimum absolute atomic E-state index is 0.0722. The van der Waals surface area contributed by atoms with E-state index in [1.165, 1.54) is 24.3 Å². The predicted octanol–water partition coefficient (Wildman–Crippen LogP) is 2.79. The van der Waals surface area contributed by atoms with Gasteiger partial charge in [0.2, 0.25) is 6.10 Å². The van der Waals surface area contributed by atoms with Crippen LogP contribution in [0.5, 0.6) is 0 Å². The van der Waals surface area contributed by atoms with E-state index in [0.717, 1.165) is 0 Å². The van der Waals surface area contributed by atoms with Gasteiger partial charge in [-0.05, 0) is 5.56 Å². The Balaban J connectivity index is 2.78. The fraction of sp³-hybridized carbons (Fsp3) is 0.364. The third-order valence-corrected chi connectivity index (χ3v) is 2.37. The van der Waals surface area contributed by atoms with E-state index >= 15 is 0 Å². The summed E-state index contributed by atoms with van der Waals surface area (Å²) < 4.78 is 77.3. The van der Waals surface area contributed by atoms with E-state index < -0.39 is 25.1 Å². The lowest BCUT2D eigenvalue weighted by atomic mass is 10.1. The first-order chi connectivity index (χ1) is 9.55. The standard InChI is InChI=1S/C11H10F6N2O2/c12-10(13,14)9(11(15,16)17)21-5-6-1-3-7(4-2-6)8(18)19-20/h1-4,9,20H,5H2,(H2,18,19). The largest absolute Gasteiger partial charge is 0.423 e. The van der Waals surface area contributed by atoms with Gasteiger partial charge in [0.15, 0.2) is 5.84 Å². The van der Waals surface area contributed by atoms with Crippen molar-refractivity contribution in [1.29, 1.82) is 0 Å². The molecule has 118 valence electrons. The molecule has 0 aliphatic carbocycles. The Labute approximate surface area is 114 Å². The van der Waals surface area contributed by atoms with Crippen molar-refractivity contribution < 1.29 is 36.3 Å². The van der Waals surface area contributed by atoms with E-state index in [-0.39, 0.29) is 17.0 Å². The maximum absolute atomic E-state index is 12.2. The number of halogens is 6. The topological polar surface area (TPSA) is 67.8 Å². The van der Waals surface area contributed by atoms with Crippen molar-refractivity contribution >= 4 is 5.84 Å². The highest BCUT2D eigenvalue weighted by Crippen LogP contribution is 2.36. The van der Waals surface area contributed by atoms with E-state index in [9.17, 15) is 26.3 Å². The number of hydrogen-bond donors (Lipinski definition) is 2. The highest BCUT2D eigenvalue weighted by molar-refractivity contribution is 5.96. The molecule has 10 heteroatoms. The second kappa shape index (κ2) is 6.20. The number of alkyl halides is 6. The fourth-order valence-electron chi connectivity index (χ4n) is 1.38. The number of ether oxygens (including phenoxy) is 1. The van der Waals surface area contributed by atoms with Gasteiger partial charge in [-0.2, -0.15) is 26.3 Å². The average molecular weight is 316 g/mol. The molecule has 0 unspecified atom stereocenters. The second-order valence-corrected chi connectivity index (χ2v) is 3.96. The number of nitrogens with two attached hydrogens (primary N) is 1. The van der Waals surface area contributed by atoms with Crippen LogP contribution in [0.15, 0.2) is 29.4 Å². The van der Waals surface area contributed by atoms with Gasteiger partial charge in [-0.25, -0.2) is 0 Å². The number of amidine groups is 1. The molecule has 0 heterocycles. The van der Waals surface area contributed by atoms with Crippen LogP contribution < -0.4 is 5.73 Å². The molecule has 4 nitrogen and oxygen atoms in total. The van der Waals surface area contributed by atoms with Crippen LogP contribution in [0.3, 0.4) is 0 Å². The molecule has 1 aromatic rings. The van der Waals surface area contributed by atoms with Gasteiger partial charge >= 0.3 is 12.4 Å². The minimum Gasteiger partial charge on any atom is -0.409 e. The van der Waals surface area contributed by atoms with Gasteiger partial charge in [0.25, 0.3) is 0 Å². The van der Waals surface area contributed by atoms with Gasteiger partial charge in [-0.1, -0.05) is 29.4 Å². The lowest BCUT2D eigenvalue weighted by Gasteiger charge is -2.23. The zero-order chi connectivity index (χ0) is 16.3. The Morgan fingerprint density at radius 1 is 1.10 bits per heavy atom. The lowest BCUT2D eigenvalue weighted by molar-refractivity contribution is -0.324. The maximum atomic E-state index is 12.2. The van der Waals surface area contributed by atoms with Crippen molar-refractivity contribution in [3.63, 3.8) is 0 Å². The lowest BCUT2D eigenvalue weighted by Crippen LogP contribution is -2.44. The first kappa shape index (κ1) is 17.1. The van der Waals surface area contributed by atoms with Crippen molar-refractivity contribution in [3.05, 3.63) is 35.4 Å². The van der Waals surface area contributed by atoms with Gasteiger partial charge < -0.3 is 15.7 Å². The van der Waals surface area contributed by atoms with Gasteiger partial charge in [-0.3, -0.25) is 0 Å². The zero-order valence-corrected chi connectivity index (χ0v) is 10.2. The molecule has 0 spiro atoms. The number of benzene rings is 1. The summed E-state index contributed by atoms with van der Waals surface area (Å²) >= 11 is 0. The van der Waals surface area contributed by atoms with Gasteiger partial charge in [0.1, 0.15) is 0 Å². The van der Waals surface area contributed by atoms with Crippen molar-refractivity contribution in [2.24, 2.45) is 10.9 Å². The van der Waals surface area contributed by atoms with Crippen LogP contribution in [0.25, 0.3) is 0 Å². The monoisotopic (exact) mass is 316 g/mol. The van der Waals surface area contributed by atoms with Crippen molar-refractivity contribution in [2.45, 2.75) is 25.1 Å². The first-order valence-corrected chi connectivity index (χ1v) is 5.37. The average Bonchev–Trinajstić information content (AvgIpc) is 2.35. The molecule has 0 amide bonds. The number of oxime groups is 1. The Hall–Kier alpha value is -1.97. The molecule has 0 bridgehead atoms. The number of rotatable bonds is 4. The van der Waals surface area contributed by atoms with Gasteiger partial charge in [0, 0.05) is 5.56 Å². The molecular weight excluding hydrogens is 306 g/mol. The number of hydrogen-bond acceptors (Lipinski definition) is 3. The van der Waals surface area contributed by atoms with Crippen LogP contribution in [0.2, 0.25) is 0 Å². The molecule has 0 fully saturated rings. The summed E-state index contributed by atoms with van der Waals surface area (Å²) in [5, 5.41) is 11.1. The molecule has 1 aromatic carbocycles. The van der Waals surface area contributed by atoms with Crippen LogP contribution in [-0.4, -0.2) is 29.5 Å². The molecule has 0 atom stereocenters. The molecule has 21 heavy (non-hydrogen) atoms. The Bertz CT molecular complexity index is 481. The Kier molecular flexibility index (Phi) is 5.05. The zero-order valence-electron chi connectivity index (χ0n) is 10.2. The summed E-state index contributed by atoms with van der Waals surface area (Å²) in [7, 11) is 0. The highest BCUT2D eigenvalue weighted by atomic mass is 19.4. The summed E-state index contributed by atoms with van der Waals surface area (Å²) in [5.41, 5.74) is 5.58. The molecular formula is C11H10F6N2O2. The molecule has 0 aliphatic heterocycles. The Morgan fingerprint density at radius 2 is 1.57 bits per heavy atom. The molecule has 0 saturated heterocycles. The first-order valence-electron chi connectivity index (χ1n) is 5.37. The summed E-state index contributed by atoms with van der Waals surface area (Å²) in [6, 6.07) is 4.95. The molecule has 3 N–H and O–H groups in total. The SMILES string of the molecule is N/C(=N/O)c1ccc(COC(C(F)(F)F)C(F)(F)F)cc1. The van der Waals surface area contributed by atoms with E-state index in [2.05, 4.69) is 9.89 Å². The maximum Gasteiger partial charge on any atom is 0.423 e. The van der Waals surface area contributed by atoms with Crippen molar-refractivity contribution in [1.82, 2.24) is 0 Å². The van der Waals surface area contributed by atoms with E-state index in [4.69, 9.17) is 10.9 Å². The quantitative estimate of drug-likeness (QED) is 0.295. The normalized spacial score (nSPS) is 13.8. The summed E-state index contributed by atoms with van der Waals surface area (Å²) in [5.74, 6) is -0.245. The smallest absolute Gasteiger partial charge is 0.409 e. The summed E-state index contributed by atoms with van der Waals surface area (Å²) in [6.45, 7) is -0.889. The third kappa shape index (κ3) is 4.81. The molecule has 1 rings (SSSR count). The van der Waals surface area contributed by atoms with E-state index in [1.54, 1.807) is 0 Å². The van der Waals surface area contributed by atoms with Crippen LogP contribution >= 0.6 is 0 Å². The third-order valence-electron chi connectivity index (χ3n) is 2.37. The second-order valence-electron chi connectivity index (χ2n) is 3.96. The van der Waals surface area contributed by atoms with E-state index in [1.807, 2.05) is 0 Å². The molecule has 0 radical (unpaired) electrons. The van der Waals surface area contributed by atoms with Gasteiger partial charge in [0.05, 0.1) is 6.61 Å². The van der Waals surface area contributed by atoms with Crippen molar-refractivity contribution in [2.75, 3.05) is 0 Å². The minimum atomic E-state index is -5.55. The Morgan fingerprint density at radius 3 is 1.95 bits per heavy atom. The highest BCUT2D eigenvalue weighted by Gasteiger charge is 2.57. The summed E-state index contributed by atoms with van der Waals surface area (Å²) in [4.78, 5) is 0. The molecule has 0 aromatic heterocycles. The van der Waals surface area contributed by atoms with E-state index in [0.29, 0.717) is 0 Å². The van der Waals surface area contributed by atoms with Gasteiger partial charge in [-0.15, -0.1) is 0 Å². The number of nitrogens with zero attached hydrogens (tertiary/aromatic N) is 1. The van der Waals surface area contributed by atoms with Crippen molar-refractivity contribution in [3.8, 4) is 0 Å². The summed E-state index contributed by atoms with van der Waals surface area (Å²) in [6.07, 6.45) is -15.0.